The van der Waals surface area contributed by atoms with Gasteiger partial charge in [-0.1, -0.05) is 11.8 Å². The van der Waals surface area contributed by atoms with E-state index >= 15 is 0 Å². The number of benzene rings is 1. The maximum absolute atomic E-state index is 13.1. The van der Waals surface area contributed by atoms with Gasteiger partial charge >= 0.3 is 0 Å². The molecule has 10 nitrogen and oxygen atoms in total. The smallest absolute Gasteiger partial charge is 0.187 e. The van der Waals surface area contributed by atoms with Gasteiger partial charge in [0.2, 0.25) is 0 Å². The Kier molecular flexibility index (Phi) is 8.03. The topological polar surface area (TPSA) is 169 Å². The SMILES string of the molecule is OC[C@H]1O[C@H](O[C@H]2[C@H](O)[C@@H](O)[C@H](Sc3ccc(F)cc3)O[C@@H]2CO)[C@H](O)[C@@H](O)[C@@H]1O. The van der Waals surface area contributed by atoms with Crippen LogP contribution in [0.4, 0.5) is 4.39 Å². The fourth-order valence-corrected chi connectivity index (χ4v) is 4.36. The Hall–Kier alpha value is -0.900. The maximum atomic E-state index is 13.1. The lowest BCUT2D eigenvalue weighted by molar-refractivity contribution is -0.338. The van der Waals surface area contributed by atoms with Gasteiger partial charge in [-0.05, 0) is 24.3 Å². The largest absolute Gasteiger partial charge is 0.394 e. The summed E-state index contributed by atoms with van der Waals surface area (Å²) in [5, 5.41) is 69.8. The molecule has 1 aromatic rings. The van der Waals surface area contributed by atoms with Gasteiger partial charge in [-0.3, -0.25) is 0 Å². The van der Waals surface area contributed by atoms with Crippen molar-refractivity contribution in [1.29, 1.82) is 0 Å². The fraction of sp³-hybridized carbons (Fsp3) is 0.667. The lowest BCUT2D eigenvalue weighted by Gasteiger charge is -2.46. The summed E-state index contributed by atoms with van der Waals surface area (Å²) in [6.07, 6.45) is -13.4. The molecule has 170 valence electrons. The summed E-state index contributed by atoms with van der Waals surface area (Å²) in [4.78, 5) is 0.553. The Morgan fingerprint density at radius 2 is 1.43 bits per heavy atom. The number of hydrogen-bond acceptors (Lipinski definition) is 11. The van der Waals surface area contributed by atoms with E-state index in [1.807, 2.05) is 0 Å². The molecule has 1 aromatic carbocycles. The molecule has 3 rings (SSSR count). The zero-order valence-corrected chi connectivity index (χ0v) is 16.5. The molecule has 12 heteroatoms. The van der Waals surface area contributed by atoms with Gasteiger partial charge in [-0.2, -0.15) is 0 Å². The first-order valence-corrected chi connectivity index (χ1v) is 10.2. The van der Waals surface area contributed by atoms with Crippen LogP contribution in [0.5, 0.6) is 0 Å². The summed E-state index contributed by atoms with van der Waals surface area (Å²) in [5.41, 5.74) is -1.02. The highest BCUT2D eigenvalue weighted by molar-refractivity contribution is 7.99. The summed E-state index contributed by atoms with van der Waals surface area (Å²) >= 11 is 1.01. The molecule has 2 aliphatic heterocycles. The zero-order chi connectivity index (χ0) is 22.0. The maximum Gasteiger partial charge on any atom is 0.187 e. The first kappa shape index (κ1) is 23.8. The van der Waals surface area contributed by atoms with Crippen LogP contribution in [0.15, 0.2) is 29.2 Å². The van der Waals surface area contributed by atoms with Crippen molar-refractivity contribution in [2.45, 2.75) is 65.5 Å². The van der Waals surface area contributed by atoms with E-state index in [2.05, 4.69) is 0 Å². The number of halogens is 1. The van der Waals surface area contributed by atoms with Gasteiger partial charge in [0.15, 0.2) is 6.29 Å². The number of aliphatic hydroxyl groups excluding tert-OH is 7. The minimum absolute atomic E-state index is 0.439. The Balaban J connectivity index is 1.71. The van der Waals surface area contributed by atoms with E-state index in [0.29, 0.717) is 4.90 Å². The Bertz CT molecular complexity index is 677. The molecule has 2 fully saturated rings. The van der Waals surface area contributed by atoms with Crippen LogP contribution in [0.25, 0.3) is 0 Å². The third kappa shape index (κ3) is 4.95. The molecule has 0 aliphatic carbocycles. The minimum atomic E-state index is -1.72. The molecule has 2 aliphatic rings. The second-order valence-corrected chi connectivity index (χ2v) is 8.25. The zero-order valence-electron chi connectivity index (χ0n) is 15.6. The first-order chi connectivity index (χ1) is 14.3. The van der Waals surface area contributed by atoms with Gasteiger partial charge in [0.1, 0.15) is 60.1 Å². The van der Waals surface area contributed by atoms with Crippen LogP contribution in [0.3, 0.4) is 0 Å². The van der Waals surface area contributed by atoms with E-state index < -0.39 is 79.6 Å². The molecule has 0 aromatic heterocycles. The average Bonchev–Trinajstić information content (AvgIpc) is 2.74. The summed E-state index contributed by atoms with van der Waals surface area (Å²) in [5.74, 6) is -0.439. The van der Waals surface area contributed by atoms with Gasteiger partial charge in [-0.15, -0.1) is 0 Å². The number of hydrogen-bond donors (Lipinski definition) is 7. The Labute approximate surface area is 175 Å². The minimum Gasteiger partial charge on any atom is -0.394 e. The number of aliphatic hydroxyl groups is 7. The van der Waals surface area contributed by atoms with Gasteiger partial charge in [0, 0.05) is 4.90 Å². The van der Waals surface area contributed by atoms with Crippen molar-refractivity contribution in [3.63, 3.8) is 0 Å². The van der Waals surface area contributed by atoms with Gasteiger partial charge in [0.25, 0.3) is 0 Å². The lowest BCUT2D eigenvalue weighted by atomic mass is 9.97. The van der Waals surface area contributed by atoms with Crippen LogP contribution in [0, 0.1) is 5.82 Å². The van der Waals surface area contributed by atoms with Crippen LogP contribution < -0.4 is 0 Å². The second-order valence-electron chi connectivity index (χ2n) is 7.08. The van der Waals surface area contributed by atoms with Gasteiger partial charge in [0.05, 0.1) is 13.2 Å². The monoisotopic (exact) mass is 452 g/mol. The van der Waals surface area contributed by atoms with E-state index in [9.17, 15) is 40.1 Å². The number of thioether (sulfide) groups is 1. The van der Waals surface area contributed by atoms with E-state index in [0.717, 1.165) is 11.8 Å². The highest BCUT2D eigenvalue weighted by Crippen LogP contribution is 2.35. The number of rotatable bonds is 6. The van der Waals surface area contributed by atoms with Gasteiger partial charge in [-0.25, -0.2) is 4.39 Å². The second kappa shape index (κ2) is 10.1. The van der Waals surface area contributed by atoms with E-state index in [4.69, 9.17) is 14.2 Å². The molecule has 2 saturated heterocycles. The molecule has 2 heterocycles. The highest BCUT2D eigenvalue weighted by atomic mass is 32.2. The summed E-state index contributed by atoms with van der Waals surface area (Å²) in [6.45, 7) is -1.29. The molecular weight excluding hydrogens is 427 g/mol. The molecule has 30 heavy (non-hydrogen) atoms. The van der Waals surface area contributed by atoms with Crippen LogP contribution in [0.1, 0.15) is 0 Å². The fourth-order valence-electron chi connectivity index (χ4n) is 3.30. The van der Waals surface area contributed by atoms with Crippen molar-refractivity contribution < 1.29 is 54.3 Å². The van der Waals surface area contributed by atoms with Crippen molar-refractivity contribution in [2.75, 3.05) is 13.2 Å². The molecular formula is C18H25FO10S. The van der Waals surface area contributed by atoms with Crippen molar-refractivity contribution in [1.82, 2.24) is 0 Å². The molecule has 0 unspecified atom stereocenters. The molecule has 7 N–H and O–H groups in total. The molecule has 0 spiro atoms. The van der Waals surface area contributed by atoms with Crippen molar-refractivity contribution in [3.8, 4) is 0 Å². The van der Waals surface area contributed by atoms with E-state index in [1.54, 1.807) is 0 Å². The first-order valence-electron chi connectivity index (χ1n) is 9.27. The molecule has 0 amide bonds. The van der Waals surface area contributed by atoms with Crippen molar-refractivity contribution in [3.05, 3.63) is 30.1 Å². The molecule has 0 radical (unpaired) electrons. The van der Waals surface area contributed by atoms with Crippen LogP contribution in [0.2, 0.25) is 0 Å². The standard InChI is InChI=1S/C18H25FO10S/c19-7-1-3-8(4-2-7)30-18-15(26)13(24)16(10(6-21)28-18)29-17-14(25)12(23)11(22)9(5-20)27-17/h1-4,9-18,20-26H,5-6H2/t9-,10-,11-,12+,13-,14-,15-,16-,17-,18+/m1/s1. The average molecular weight is 452 g/mol. The highest BCUT2D eigenvalue weighted by Gasteiger charge is 2.50. The van der Waals surface area contributed by atoms with Crippen LogP contribution in [-0.2, 0) is 14.2 Å². The Morgan fingerprint density at radius 1 is 0.800 bits per heavy atom. The quantitative estimate of drug-likeness (QED) is 0.244. The summed E-state index contributed by atoms with van der Waals surface area (Å²) < 4.78 is 29.4. The lowest BCUT2D eigenvalue weighted by Crippen LogP contribution is -2.64. The molecule has 0 bridgehead atoms. The number of ether oxygens (including phenoxy) is 3. The van der Waals surface area contributed by atoms with Crippen molar-refractivity contribution >= 4 is 11.8 Å². The van der Waals surface area contributed by atoms with E-state index in [-0.39, 0.29) is 0 Å². The van der Waals surface area contributed by atoms with E-state index in [1.165, 1.54) is 24.3 Å². The van der Waals surface area contributed by atoms with Crippen LogP contribution in [-0.4, -0.2) is 110 Å². The summed E-state index contributed by atoms with van der Waals surface area (Å²) in [6, 6.07) is 5.38. The van der Waals surface area contributed by atoms with Crippen molar-refractivity contribution in [2.24, 2.45) is 0 Å². The normalized spacial score (nSPS) is 42.3. The van der Waals surface area contributed by atoms with Crippen LogP contribution >= 0.6 is 11.8 Å². The predicted molar refractivity (Wildman–Crippen MR) is 98.7 cm³/mol. The predicted octanol–water partition coefficient (Wildman–Crippen LogP) is -2.46. The molecule has 0 saturated carbocycles. The third-order valence-corrected chi connectivity index (χ3v) is 6.19. The molecule has 10 atom stereocenters. The Morgan fingerprint density at radius 3 is 2.03 bits per heavy atom. The summed E-state index contributed by atoms with van der Waals surface area (Å²) in [7, 11) is 0. The van der Waals surface area contributed by atoms with Gasteiger partial charge < -0.3 is 50.0 Å². The third-order valence-electron chi connectivity index (χ3n) is 5.03.